The van der Waals surface area contributed by atoms with E-state index in [9.17, 15) is 5.11 Å². The number of hydrogen-bond acceptors (Lipinski definition) is 5. The molecule has 0 spiro atoms. The summed E-state index contributed by atoms with van der Waals surface area (Å²) in [5, 5.41) is 11.5. The van der Waals surface area contributed by atoms with E-state index >= 15 is 0 Å². The molecule has 26 heavy (non-hydrogen) atoms. The Bertz CT molecular complexity index is 900. The first-order chi connectivity index (χ1) is 12.8. The highest BCUT2D eigenvalue weighted by molar-refractivity contribution is 6.09. The van der Waals surface area contributed by atoms with Gasteiger partial charge in [0.25, 0.3) is 0 Å². The number of hydrogen-bond donors (Lipinski definition) is 2. The van der Waals surface area contributed by atoms with Gasteiger partial charge >= 0.3 is 0 Å². The summed E-state index contributed by atoms with van der Waals surface area (Å²) >= 11 is 0. The minimum Gasteiger partial charge on any atom is -0.493 e. The second kappa shape index (κ2) is 7.51. The zero-order chi connectivity index (χ0) is 17.9. The van der Waals surface area contributed by atoms with Crippen molar-refractivity contribution in [3.8, 4) is 11.5 Å². The van der Waals surface area contributed by atoms with Crippen LogP contribution in [0, 0.1) is 0 Å². The number of benzene rings is 1. The molecule has 4 rings (SSSR count). The molecule has 0 atom stereocenters. The van der Waals surface area contributed by atoms with Crippen molar-refractivity contribution in [2.45, 2.75) is 25.9 Å². The summed E-state index contributed by atoms with van der Waals surface area (Å²) in [4.78, 5) is 10.2. The van der Waals surface area contributed by atoms with Gasteiger partial charge in [0.1, 0.15) is 0 Å². The standard InChI is InChI=1S/C20H25N3O3/c1-25-18-11-14-16(22-15-5-6-21-17(13-24)20(14)15)12-19(18)26-10-4-9-23-7-2-3-8-23/h5-6,11-12,22,24H,2-4,7-10,13H2,1H3. The summed E-state index contributed by atoms with van der Waals surface area (Å²) < 4.78 is 11.6. The summed E-state index contributed by atoms with van der Waals surface area (Å²) in [6.45, 7) is 4.09. The van der Waals surface area contributed by atoms with E-state index in [1.165, 1.54) is 25.9 Å². The van der Waals surface area contributed by atoms with Crippen LogP contribution in [0.4, 0.5) is 0 Å². The summed E-state index contributed by atoms with van der Waals surface area (Å²) in [5.74, 6) is 1.44. The fourth-order valence-electron chi connectivity index (χ4n) is 3.79. The molecule has 3 aromatic rings. The predicted octanol–water partition coefficient (Wildman–Crippen LogP) is 3.08. The monoisotopic (exact) mass is 355 g/mol. The lowest BCUT2D eigenvalue weighted by molar-refractivity contribution is 0.254. The molecule has 0 amide bonds. The first kappa shape index (κ1) is 17.1. The highest BCUT2D eigenvalue weighted by Crippen LogP contribution is 2.36. The topological polar surface area (TPSA) is 70.6 Å². The van der Waals surface area contributed by atoms with Crippen molar-refractivity contribution < 1.29 is 14.6 Å². The molecular weight excluding hydrogens is 330 g/mol. The van der Waals surface area contributed by atoms with Gasteiger partial charge in [0, 0.05) is 35.1 Å². The molecule has 0 radical (unpaired) electrons. The van der Waals surface area contributed by atoms with Crippen molar-refractivity contribution in [3.05, 3.63) is 30.1 Å². The van der Waals surface area contributed by atoms with Gasteiger partial charge in [-0.3, -0.25) is 4.98 Å². The maximum Gasteiger partial charge on any atom is 0.163 e. The van der Waals surface area contributed by atoms with E-state index in [1.807, 2.05) is 18.2 Å². The Morgan fingerprint density at radius 2 is 2.04 bits per heavy atom. The van der Waals surface area contributed by atoms with Crippen molar-refractivity contribution in [2.75, 3.05) is 33.4 Å². The largest absolute Gasteiger partial charge is 0.493 e. The second-order valence-electron chi connectivity index (χ2n) is 6.76. The van der Waals surface area contributed by atoms with Crippen molar-refractivity contribution in [3.63, 3.8) is 0 Å². The molecule has 0 unspecified atom stereocenters. The van der Waals surface area contributed by atoms with Crippen molar-refractivity contribution in [1.82, 2.24) is 14.9 Å². The number of methoxy groups -OCH3 is 1. The van der Waals surface area contributed by atoms with E-state index in [2.05, 4.69) is 14.9 Å². The Hall–Kier alpha value is -2.31. The fraction of sp³-hybridized carbons (Fsp3) is 0.450. The lowest BCUT2D eigenvalue weighted by Crippen LogP contribution is -2.21. The number of rotatable bonds is 7. The molecule has 1 aromatic carbocycles. The van der Waals surface area contributed by atoms with Crippen molar-refractivity contribution in [1.29, 1.82) is 0 Å². The summed E-state index contributed by atoms with van der Waals surface area (Å²) in [6, 6.07) is 5.85. The number of H-pyrrole nitrogens is 1. The van der Waals surface area contributed by atoms with Crippen LogP contribution < -0.4 is 9.47 Å². The lowest BCUT2D eigenvalue weighted by Gasteiger charge is -2.15. The maximum atomic E-state index is 9.59. The Labute approximate surface area is 152 Å². The third kappa shape index (κ3) is 3.22. The average molecular weight is 355 g/mol. The number of ether oxygens (including phenoxy) is 2. The fourth-order valence-corrected chi connectivity index (χ4v) is 3.79. The van der Waals surface area contributed by atoms with Crippen LogP contribution >= 0.6 is 0 Å². The van der Waals surface area contributed by atoms with Crippen LogP contribution in [0.2, 0.25) is 0 Å². The minimum absolute atomic E-state index is 0.0959. The summed E-state index contributed by atoms with van der Waals surface area (Å²) in [5.41, 5.74) is 2.57. The number of pyridine rings is 1. The molecule has 1 aliphatic rings. The van der Waals surface area contributed by atoms with E-state index < -0.39 is 0 Å². The molecule has 6 heteroatoms. The molecule has 0 aliphatic carbocycles. The SMILES string of the molecule is COc1cc2c(cc1OCCCN1CCCC1)[nH]c1ccnc(CO)c12. The number of nitrogens with one attached hydrogen (secondary N) is 1. The first-order valence-electron chi connectivity index (χ1n) is 9.23. The summed E-state index contributed by atoms with van der Waals surface area (Å²) in [7, 11) is 1.65. The van der Waals surface area contributed by atoms with Gasteiger partial charge in [0.05, 0.1) is 31.5 Å². The number of nitrogens with zero attached hydrogens (tertiary/aromatic N) is 2. The third-order valence-corrected chi connectivity index (χ3v) is 5.10. The normalized spacial score (nSPS) is 15.2. The van der Waals surface area contributed by atoms with E-state index in [0.717, 1.165) is 40.5 Å². The smallest absolute Gasteiger partial charge is 0.163 e. The molecule has 1 saturated heterocycles. The molecular formula is C20H25N3O3. The van der Waals surface area contributed by atoms with Crippen LogP contribution in [0.5, 0.6) is 11.5 Å². The van der Waals surface area contributed by atoms with E-state index in [-0.39, 0.29) is 6.61 Å². The van der Waals surface area contributed by atoms with E-state index in [0.29, 0.717) is 18.1 Å². The third-order valence-electron chi connectivity index (χ3n) is 5.10. The van der Waals surface area contributed by atoms with Crippen LogP contribution in [0.15, 0.2) is 24.4 Å². The van der Waals surface area contributed by atoms with Crippen LogP contribution in [-0.4, -0.2) is 53.3 Å². The zero-order valence-electron chi connectivity index (χ0n) is 15.1. The molecule has 2 N–H and O–H groups in total. The van der Waals surface area contributed by atoms with Crippen molar-refractivity contribution >= 4 is 21.8 Å². The van der Waals surface area contributed by atoms with Gasteiger partial charge in [-0.1, -0.05) is 0 Å². The van der Waals surface area contributed by atoms with Gasteiger partial charge in [-0.05, 0) is 44.5 Å². The van der Waals surface area contributed by atoms with Gasteiger partial charge in [-0.2, -0.15) is 0 Å². The van der Waals surface area contributed by atoms with Crippen LogP contribution in [-0.2, 0) is 6.61 Å². The number of aromatic amines is 1. The average Bonchev–Trinajstić information content (AvgIpc) is 3.31. The van der Waals surface area contributed by atoms with Gasteiger partial charge in [-0.25, -0.2) is 0 Å². The van der Waals surface area contributed by atoms with Crippen LogP contribution in [0.25, 0.3) is 21.8 Å². The number of aliphatic hydroxyl groups excluding tert-OH is 1. The number of aromatic nitrogens is 2. The quantitative estimate of drug-likeness (QED) is 0.638. The van der Waals surface area contributed by atoms with E-state index in [4.69, 9.17) is 9.47 Å². The van der Waals surface area contributed by atoms with Gasteiger partial charge < -0.3 is 24.5 Å². The van der Waals surface area contributed by atoms with Gasteiger partial charge in [0.15, 0.2) is 11.5 Å². The Kier molecular flexibility index (Phi) is 4.95. The molecule has 0 bridgehead atoms. The highest BCUT2D eigenvalue weighted by atomic mass is 16.5. The number of fused-ring (bicyclic) bond motifs is 3. The van der Waals surface area contributed by atoms with E-state index in [1.54, 1.807) is 13.3 Å². The zero-order valence-corrected chi connectivity index (χ0v) is 15.1. The van der Waals surface area contributed by atoms with Crippen molar-refractivity contribution in [2.24, 2.45) is 0 Å². The van der Waals surface area contributed by atoms with Crippen LogP contribution in [0.1, 0.15) is 25.0 Å². The molecule has 1 aliphatic heterocycles. The Morgan fingerprint density at radius 1 is 1.19 bits per heavy atom. The minimum atomic E-state index is -0.0959. The highest BCUT2D eigenvalue weighted by Gasteiger charge is 2.15. The predicted molar refractivity (Wildman–Crippen MR) is 102 cm³/mol. The maximum absolute atomic E-state index is 9.59. The molecule has 138 valence electrons. The second-order valence-corrected chi connectivity index (χ2v) is 6.76. The number of likely N-dealkylation sites (tertiary alicyclic amines) is 1. The van der Waals surface area contributed by atoms with Gasteiger partial charge in [-0.15, -0.1) is 0 Å². The molecule has 6 nitrogen and oxygen atoms in total. The lowest BCUT2D eigenvalue weighted by atomic mass is 10.1. The molecule has 3 heterocycles. The molecule has 0 saturated carbocycles. The van der Waals surface area contributed by atoms with Crippen LogP contribution in [0.3, 0.4) is 0 Å². The Morgan fingerprint density at radius 3 is 2.81 bits per heavy atom. The number of aliphatic hydroxyl groups is 1. The molecule has 2 aromatic heterocycles. The first-order valence-corrected chi connectivity index (χ1v) is 9.23. The molecule has 1 fully saturated rings. The van der Waals surface area contributed by atoms with Gasteiger partial charge in [0.2, 0.25) is 0 Å². The Balaban J connectivity index is 1.57. The summed E-state index contributed by atoms with van der Waals surface area (Å²) in [6.07, 6.45) is 5.34.